The number of hydrogen-bond donors (Lipinski definition) is 1. The van der Waals surface area contributed by atoms with Crippen molar-refractivity contribution < 1.29 is 9.59 Å². The molecule has 2 N–H and O–H groups in total. The summed E-state index contributed by atoms with van der Waals surface area (Å²) in [5.74, 6) is -0.721. The fourth-order valence-corrected chi connectivity index (χ4v) is 2.53. The van der Waals surface area contributed by atoms with E-state index in [0.29, 0.717) is 13.1 Å². The molecule has 2 amide bonds. The first-order chi connectivity index (χ1) is 9.45. The van der Waals surface area contributed by atoms with Crippen LogP contribution in [0.15, 0.2) is 24.3 Å². The number of likely N-dealkylation sites (tertiary alicyclic amines) is 1. The molecule has 2 rings (SSSR count). The van der Waals surface area contributed by atoms with Crippen LogP contribution in [-0.4, -0.2) is 42.3 Å². The Kier molecular flexibility index (Phi) is 4.39. The number of carbonyl (C=O) groups excluding carboxylic acids is 2. The fourth-order valence-electron chi connectivity index (χ4n) is 2.53. The van der Waals surface area contributed by atoms with Crippen molar-refractivity contribution in [2.24, 2.45) is 11.7 Å². The largest absolute Gasteiger partial charge is 0.369 e. The number of nitrogens with zero attached hydrogens (tertiary/aromatic N) is 2. The Morgan fingerprint density at radius 3 is 2.70 bits per heavy atom. The van der Waals surface area contributed by atoms with Crippen LogP contribution in [0.25, 0.3) is 0 Å². The van der Waals surface area contributed by atoms with E-state index in [1.807, 2.05) is 26.2 Å². The molecule has 5 heteroatoms. The second-order valence-electron chi connectivity index (χ2n) is 5.64. The highest BCUT2D eigenvalue weighted by Gasteiger charge is 2.32. The molecular formula is C15H21N3O2. The molecule has 1 saturated heterocycles. The molecule has 1 aromatic rings. The summed E-state index contributed by atoms with van der Waals surface area (Å²) in [6.45, 7) is 1.85. The highest BCUT2D eigenvalue weighted by Crippen LogP contribution is 2.20. The van der Waals surface area contributed by atoms with Gasteiger partial charge in [0.15, 0.2) is 0 Å². The van der Waals surface area contributed by atoms with Gasteiger partial charge in [-0.1, -0.05) is 24.3 Å². The van der Waals surface area contributed by atoms with Gasteiger partial charge in [0.2, 0.25) is 11.8 Å². The van der Waals surface area contributed by atoms with Crippen LogP contribution >= 0.6 is 0 Å². The fraction of sp³-hybridized carbons (Fsp3) is 0.467. The minimum Gasteiger partial charge on any atom is -0.369 e. The van der Waals surface area contributed by atoms with Gasteiger partial charge in [-0.3, -0.25) is 9.59 Å². The van der Waals surface area contributed by atoms with E-state index in [9.17, 15) is 9.59 Å². The Morgan fingerprint density at radius 1 is 1.40 bits per heavy atom. The van der Waals surface area contributed by atoms with Gasteiger partial charge in [-0.2, -0.15) is 0 Å². The van der Waals surface area contributed by atoms with Crippen molar-refractivity contribution in [2.45, 2.75) is 19.5 Å². The third kappa shape index (κ3) is 3.57. The van der Waals surface area contributed by atoms with Crippen molar-refractivity contribution in [3.8, 4) is 0 Å². The average Bonchev–Trinajstić information content (AvgIpc) is 2.71. The summed E-state index contributed by atoms with van der Waals surface area (Å²) >= 11 is 0. The summed E-state index contributed by atoms with van der Waals surface area (Å²) in [7, 11) is 4.04. The molecule has 108 valence electrons. The molecule has 0 saturated carbocycles. The summed E-state index contributed by atoms with van der Waals surface area (Å²) < 4.78 is 0. The maximum atomic E-state index is 11.9. The van der Waals surface area contributed by atoms with E-state index in [-0.39, 0.29) is 24.2 Å². The highest BCUT2D eigenvalue weighted by molar-refractivity contribution is 5.88. The van der Waals surface area contributed by atoms with Crippen molar-refractivity contribution in [3.05, 3.63) is 35.4 Å². The quantitative estimate of drug-likeness (QED) is 0.855. The van der Waals surface area contributed by atoms with Crippen molar-refractivity contribution >= 4 is 11.8 Å². The number of hydrogen-bond acceptors (Lipinski definition) is 3. The number of rotatable bonds is 5. The number of benzene rings is 1. The molecular weight excluding hydrogens is 254 g/mol. The maximum absolute atomic E-state index is 11.9. The van der Waals surface area contributed by atoms with E-state index >= 15 is 0 Å². The van der Waals surface area contributed by atoms with Gasteiger partial charge in [0, 0.05) is 26.1 Å². The van der Waals surface area contributed by atoms with Gasteiger partial charge in [-0.25, -0.2) is 0 Å². The Hall–Kier alpha value is -1.88. The molecule has 0 aliphatic carbocycles. The lowest BCUT2D eigenvalue weighted by atomic mass is 10.1. The Balaban J connectivity index is 2.03. The molecule has 1 aliphatic heterocycles. The van der Waals surface area contributed by atoms with E-state index in [2.05, 4.69) is 17.0 Å². The van der Waals surface area contributed by atoms with Crippen LogP contribution in [0.3, 0.4) is 0 Å². The molecule has 0 radical (unpaired) electrons. The zero-order valence-corrected chi connectivity index (χ0v) is 12.0. The Bertz CT molecular complexity index is 514. The molecule has 0 bridgehead atoms. The molecule has 0 spiro atoms. The lowest BCUT2D eigenvalue weighted by Crippen LogP contribution is -2.28. The van der Waals surface area contributed by atoms with Crippen molar-refractivity contribution in [1.82, 2.24) is 9.80 Å². The van der Waals surface area contributed by atoms with Crippen LogP contribution in [0.1, 0.15) is 17.5 Å². The minimum absolute atomic E-state index is 0.00631. The highest BCUT2D eigenvalue weighted by atomic mass is 16.2. The van der Waals surface area contributed by atoms with Crippen molar-refractivity contribution in [1.29, 1.82) is 0 Å². The number of amides is 2. The smallest absolute Gasteiger partial charge is 0.223 e. The summed E-state index contributed by atoms with van der Waals surface area (Å²) in [4.78, 5) is 26.8. The molecule has 0 aromatic heterocycles. The molecule has 20 heavy (non-hydrogen) atoms. The predicted octanol–water partition coefficient (Wildman–Crippen LogP) is 0.582. The van der Waals surface area contributed by atoms with E-state index in [4.69, 9.17) is 5.73 Å². The van der Waals surface area contributed by atoms with Gasteiger partial charge < -0.3 is 15.5 Å². The third-order valence-corrected chi connectivity index (χ3v) is 3.48. The second-order valence-corrected chi connectivity index (χ2v) is 5.64. The van der Waals surface area contributed by atoms with Crippen LogP contribution in [0, 0.1) is 5.92 Å². The van der Waals surface area contributed by atoms with Crippen LogP contribution in [0.4, 0.5) is 0 Å². The Morgan fingerprint density at radius 2 is 2.10 bits per heavy atom. The topological polar surface area (TPSA) is 66.6 Å². The van der Waals surface area contributed by atoms with Crippen LogP contribution in [0.2, 0.25) is 0 Å². The maximum Gasteiger partial charge on any atom is 0.223 e. The monoisotopic (exact) mass is 275 g/mol. The van der Waals surface area contributed by atoms with Crippen molar-refractivity contribution in [3.63, 3.8) is 0 Å². The standard InChI is InChI=1S/C15H21N3O2/c1-17(2)8-11-4-3-5-12(6-11)9-18-10-13(15(16)20)7-14(18)19/h3-6,13H,7-10H2,1-2H3,(H2,16,20). The molecule has 1 unspecified atom stereocenters. The molecule has 5 nitrogen and oxygen atoms in total. The zero-order chi connectivity index (χ0) is 14.7. The van der Waals surface area contributed by atoms with Gasteiger partial charge in [-0.05, 0) is 25.2 Å². The zero-order valence-electron chi connectivity index (χ0n) is 12.0. The Labute approximate surface area is 119 Å². The summed E-state index contributed by atoms with van der Waals surface area (Å²) in [6.07, 6.45) is 0.243. The van der Waals surface area contributed by atoms with Gasteiger partial charge in [-0.15, -0.1) is 0 Å². The van der Waals surface area contributed by atoms with Crippen LogP contribution in [-0.2, 0) is 22.7 Å². The second kappa shape index (κ2) is 6.05. The van der Waals surface area contributed by atoms with Gasteiger partial charge in [0.05, 0.1) is 5.92 Å². The summed E-state index contributed by atoms with van der Waals surface area (Å²) in [5, 5.41) is 0. The molecule has 1 aromatic carbocycles. The lowest BCUT2D eigenvalue weighted by molar-refractivity contribution is -0.128. The number of nitrogens with two attached hydrogens (primary N) is 1. The molecule has 1 heterocycles. The first-order valence-electron chi connectivity index (χ1n) is 6.75. The van der Waals surface area contributed by atoms with Gasteiger partial charge in [0.1, 0.15) is 0 Å². The number of primary amides is 1. The van der Waals surface area contributed by atoms with Gasteiger partial charge in [0.25, 0.3) is 0 Å². The van der Waals surface area contributed by atoms with Crippen LogP contribution < -0.4 is 5.73 Å². The van der Waals surface area contributed by atoms with Gasteiger partial charge >= 0.3 is 0 Å². The number of carbonyl (C=O) groups is 2. The first kappa shape index (κ1) is 14.5. The SMILES string of the molecule is CN(C)Cc1cccc(CN2CC(C(N)=O)CC2=O)c1. The van der Waals surface area contributed by atoms with Crippen LogP contribution in [0.5, 0.6) is 0 Å². The summed E-state index contributed by atoms with van der Waals surface area (Å²) in [6, 6.07) is 8.18. The molecule has 1 atom stereocenters. The average molecular weight is 275 g/mol. The molecule has 1 aliphatic rings. The molecule has 1 fully saturated rings. The normalized spacial score (nSPS) is 18.9. The lowest BCUT2D eigenvalue weighted by Gasteiger charge is -2.17. The predicted molar refractivity (Wildman–Crippen MR) is 76.6 cm³/mol. The summed E-state index contributed by atoms with van der Waals surface area (Å²) in [5.41, 5.74) is 7.57. The minimum atomic E-state index is -0.387. The van der Waals surface area contributed by atoms with E-state index in [1.54, 1.807) is 4.90 Å². The van der Waals surface area contributed by atoms with Crippen molar-refractivity contribution in [2.75, 3.05) is 20.6 Å². The van der Waals surface area contributed by atoms with E-state index < -0.39 is 0 Å². The first-order valence-corrected chi connectivity index (χ1v) is 6.75. The van der Waals surface area contributed by atoms with E-state index in [1.165, 1.54) is 5.56 Å². The third-order valence-electron chi connectivity index (χ3n) is 3.48. The van der Waals surface area contributed by atoms with E-state index in [0.717, 1.165) is 12.1 Å².